The predicted octanol–water partition coefficient (Wildman–Crippen LogP) is 4.23. The van der Waals surface area contributed by atoms with Crippen LogP contribution in [0.5, 0.6) is 0 Å². The number of benzene rings is 2. The zero-order chi connectivity index (χ0) is 18.9. The van der Waals surface area contributed by atoms with Gasteiger partial charge in [0.15, 0.2) is 5.82 Å². The molecule has 1 aliphatic rings. The Morgan fingerprint density at radius 3 is 2.70 bits per heavy atom. The number of nitrogens with one attached hydrogen (secondary N) is 1. The predicted molar refractivity (Wildman–Crippen MR) is 108 cm³/mol. The number of fused-ring (bicyclic) bond motifs is 1. The first-order valence-corrected chi connectivity index (χ1v) is 11.1. The first-order chi connectivity index (χ1) is 13.0. The highest BCUT2D eigenvalue weighted by molar-refractivity contribution is 9.10. The lowest BCUT2D eigenvalue weighted by molar-refractivity contribution is 0.601. The van der Waals surface area contributed by atoms with Crippen molar-refractivity contribution in [3.05, 3.63) is 58.8 Å². The molecule has 4 rings (SSSR count). The number of nitrogens with zero attached hydrogens (tertiary/aromatic N) is 3. The summed E-state index contributed by atoms with van der Waals surface area (Å²) in [5.41, 5.74) is 1.35. The minimum absolute atomic E-state index is 0.207. The molecule has 3 aromatic rings. The normalized spacial score (nSPS) is 14.4. The Bertz CT molecular complexity index is 1080. The van der Waals surface area contributed by atoms with E-state index in [1.807, 2.05) is 12.1 Å². The molecule has 0 amide bonds. The fourth-order valence-electron chi connectivity index (χ4n) is 3.27. The molecule has 140 valence electrons. The number of hydrogen-bond acceptors (Lipinski definition) is 4. The molecule has 1 N–H and O–H groups in total. The second-order valence-electron chi connectivity index (χ2n) is 6.55. The monoisotopic (exact) mass is 446 g/mol. The van der Waals surface area contributed by atoms with Crippen molar-refractivity contribution in [2.24, 2.45) is 0 Å². The third-order valence-corrected chi connectivity index (χ3v) is 6.46. The fraction of sp³-hybridized carbons (Fsp3) is 0.263. The van der Waals surface area contributed by atoms with E-state index in [0.29, 0.717) is 10.2 Å². The van der Waals surface area contributed by atoms with Crippen molar-refractivity contribution in [2.75, 3.05) is 4.72 Å². The summed E-state index contributed by atoms with van der Waals surface area (Å²) in [4.78, 5) is 0.207. The molecule has 2 heterocycles. The average molecular weight is 447 g/mol. The minimum atomic E-state index is -3.67. The van der Waals surface area contributed by atoms with Gasteiger partial charge < -0.3 is 4.57 Å². The van der Waals surface area contributed by atoms with Gasteiger partial charge in [0, 0.05) is 28.7 Å². The highest BCUT2D eigenvalue weighted by atomic mass is 79.9. The summed E-state index contributed by atoms with van der Waals surface area (Å²) in [6.45, 7) is 0.895. The molecule has 0 saturated heterocycles. The van der Waals surface area contributed by atoms with Gasteiger partial charge in [-0.05, 0) is 43.2 Å². The van der Waals surface area contributed by atoms with Gasteiger partial charge in [0.2, 0.25) is 0 Å². The molecule has 0 unspecified atom stereocenters. The van der Waals surface area contributed by atoms with Gasteiger partial charge in [-0.2, -0.15) is 0 Å². The van der Waals surface area contributed by atoms with Crippen molar-refractivity contribution in [2.45, 2.75) is 37.1 Å². The Kier molecular flexibility index (Phi) is 5.01. The van der Waals surface area contributed by atoms with Crippen LogP contribution in [-0.2, 0) is 23.0 Å². The van der Waals surface area contributed by atoms with Gasteiger partial charge in [-0.25, -0.2) is 8.42 Å². The summed E-state index contributed by atoms with van der Waals surface area (Å²) in [6, 6.07) is 13.9. The Morgan fingerprint density at radius 2 is 1.85 bits per heavy atom. The first kappa shape index (κ1) is 18.2. The Balaban J connectivity index is 1.65. The number of halogens is 1. The third-order valence-electron chi connectivity index (χ3n) is 4.59. The summed E-state index contributed by atoms with van der Waals surface area (Å²) in [5.74, 6) is 1.79. The van der Waals surface area contributed by atoms with Crippen molar-refractivity contribution in [3.63, 3.8) is 0 Å². The van der Waals surface area contributed by atoms with Crippen LogP contribution >= 0.6 is 15.9 Å². The summed E-state index contributed by atoms with van der Waals surface area (Å²) in [6.07, 6.45) is 4.36. The molecule has 6 nitrogen and oxygen atoms in total. The molecule has 0 fully saturated rings. The maximum absolute atomic E-state index is 12.7. The molecular formula is C19H19BrN4O2S. The van der Waals surface area contributed by atoms with Crippen molar-refractivity contribution in [3.8, 4) is 11.4 Å². The van der Waals surface area contributed by atoms with Gasteiger partial charge in [0.05, 0.1) is 4.90 Å². The molecular weight excluding hydrogens is 428 g/mol. The van der Waals surface area contributed by atoms with E-state index in [-0.39, 0.29) is 4.90 Å². The Morgan fingerprint density at radius 1 is 1.00 bits per heavy atom. The first-order valence-electron chi connectivity index (χ1n) is 8.84. The topological polar surface area (TPSA) is 76.9 Å². The number of hydrogen-bond donors (Lipinski definition) is 1. The van der Waals surface area contributed by atoms with Crippen molar-refractivity contribution in [1.82, 2.24) is 14.8 Å². The molecule has 1 aliphatic heterocycles. The second-order valence-corrected chi connectivity index (χ2v) is 9.14. The highest BCUT2D eigenvalue weighted by Crippen LogP contribution is 2.26. The summed E-state index contributed by atoms with van der Waals surface area (Å²) in [7, 11) is -3.67. The molecule has 0 saturated carbocycles. The number of aromatic nitrogens is 3. The van der Waals surface area contributed by atoms with E-state index in [0.717, 1.165) is 43.0 Å². The summed E-state index contributed by atoms with van der Waals surface area (Å²) < 4.78 is 30.8. The van der Waals surface area contributed by atoms with E-state index >= 15 is 0 Å². The Labute approximate surface area is 166 Å². The highest BCUT2D eigenvalue weighted by Gasteiger charge is 2.18. The van der Waals surface area contributed by atoms with Crippen LogP contribution in [0.25, 0.3) is 11.4 Å². The zero-order valence-corrected chi connectivity index (χ0v) is 17.0. The van der Waals surface area contributed by atoms with Crippen LogP contribution in [-0.4, -0.2) is 23.2 Å². The van der Waals surface area contributed by atoms with Crippen molar-refractivity contribution < 1.29 is 8.42 Å². The number of anilines is 1. The van der Waals surface area contributed by atoms with Gasteiger partial charge in [0.1, 0.15) is 5.82 Å². The molecule has 2 aromatic carbocycles. The van der Waals surface area contributed by atoms with Gasteiger partial charge in [-0.1, -0.05) is 40.5 Å². The van der Waals surface area contributed by atoms with Crippen LogP contribution in [0.4, 0.5) is 5.69 Å². The van der Waals surface area contributed by atoms with Crippen LogP contribution in [0, 0.1) is 0 Å². The van der Waals surface area contributed by atoms with Crippen LogP contribution in [0.3, 0.4) is 0 Å². The van der Waals surface area contributed by atoms with E-state index in [9.17, 15) is 8.42 Å². The van der Waals surface area contributed by atoms with E-state index < -0.39 is 10.0 Å². The van der Waals surface area contributed by atoms with Crippen molar-refractivity contribution in [1.29, 1.82) is 0 Å². The lowest BCUT2D eigenvalue weighted by Gasteiger charge is -2.11. The van der Waals surface area contributed by atoms with E-state index in [1.165, 1.54) is 6.42 Å². The van der Waals surface area contributed by atoms with Crippen LogP contribution in [0.2, 0.25) is 0 Å². The number of sulfonamides is 1. The lowest BCUT2D eigenvalue weighted by Crippen LogP contribution is -2.13. The average Bonchev–Trinajstić information content (AvgIpc) is 2.90. The zero-order valence-electron chi connectivity index (χ0n) is 14.6. The largest absolute Gasteiger partial charge is 0.311 e. The second kappa shape index (κ2) is 7.44. The summed E-state index contributed by atoms with van der Waals surface area (Å²) in [5, 5.41) is 8.67. The SMILES string of the molecule is O=S(=O)(Nc1cccc(-c2nnc3n2CCCCC3)c1)c1cccc(Br)c1. The van der Waals surface area contributed by atoms with E-state index in [1.54, 1.807) is 36.4 Å². The quantitative estimate of drug-likeness (QED) is 0.649. The summed E-state index contributed by atoms with van der Waals surface area (Å²) >= 11 is 3.31. The maximum Gasteiger partial charge on any atom is 0.261 e. The van der Waals surface area contributed by atoms with Gasteiger partial charge in [0.25, 0.3) is 10.0 Å². The molecule has 0 spiro atoms. The third kappa shape index (κ3) is 3.91. The molecule has 27 heavy (non-hydrogen) atoms. The van der Waals surface area contributed by atoms with Crippen LogP contribution < -0.4 is 4.72 Å². The minimum Gasteiger partial charge on any atom is -0.311 e. The fourth-order valence-corrected chi connectivity index (χ4v) is 4.91. The van der Waals surface area contributed by atoms with E-state index in [2.05, 4.69) is 35.4 Å². The smallest absolute Gasteiger partial charge is 0.261 e. The molecule has 0 bridgehead atoms. The molecule has 1 aromatic heterocycles. The number of rotatable bonds is 4. The lowest BCUT2D eigenvalue weighted by atomic mass is 10.2. The molecule has 0 radical (unpaired) electrons. The number of aryl methyl sites for hydroxylation is 1. The maximum atomic E-state index is 12.7. The van der Waals surface area contributed by atoms with Gasteiger partial charge in [-0.15, -0.1) is 10.2 Å². The standard InChI is InChI=1S/C19H19BrN4O2S/c20-15-7-5-9-17(13-15)27(25,26)23-16-8-4-6-14(12-16)19-22-21-18-10-2-1-3-11-24(18)19/h4-9,12-13,23H,1-3,10-11H2. The van der Waals surface area contributed by atoms with Gasteiger partial charge in [-0.3, -0.25) is 4.72 Å². The van der Waals surface area contributed by atoms with E-state index in [4.69, 9.17) is 0 Å². The Hall–Kier alpha value is -2.19. The van der Waals surface area contributed by atoms with Gasteiger partial charge >= 0.3 is 0 Å². The molecule has 0 atom stereocenters. The van der Waals surface area contributed by atoms with Crippen molar-refractivity contribution >= 4 is 31.6 Å². The molecule has 0 aliphatic carbocycles. The van der Waals surface area contributed by atoms with Crippen LogP contribution in [0.15, 0.2) is 57.9 Å². The molecule has 8 heteroatoms. The van der Waals surface area contributed by atoms with Crippen LogP contribution in [0.1, 0.15) is 25.1 Å².